The predicted molar refractivity (Wildman–Crippen MR) is 132 cm³/mol. The topological polar surface area (TPSA) is 71.3 Å². The number of para-hydroxylation sites is 2. The first-order chi connectivity index (χ1) is 16.4. The molecule has 7 nitrogen and oxygen atoms in total. The van der Waals surface area contributed by atoms with Crippen molar-refractivity contribution in [2.45, 2.75) is 39.5 Å². The molecule has 0 bridgehead atoms. The summed E-state index contributed by atoms with van der Waals surface area (Å²) in [6.45, 7) is 4.99. The van der Waals surface area contributed by atoms with Gasteiger partial charge in [-0.25, -0.2) is 4.98 Å². The minimum absolute atomic E-state index is 0.00182. The van der Waals surface area contributed by atoms with Gasteiger partial charge >= 0.3 is 0 Å². The number of carbonyl (C=O) groups is 2. The maximum atomic E-state index is 13.5. The number of imidazole rings is 1. The second-order valence-electron chi connectivity index (χ2n) is 8.58. The molecule has 2 amide bonds. The van der Waals surface area contributed by atoms with Crippen molar-refractivity contribution in [3.05, 3.63) is 96.1 Å². The van der Waals surface area contributed by atoms with Gasteiger partial charge in [-0.2, -0.15) is 0 Å². The molecule has 0 aliphatic carbocycles. The highest BCUT2D eigenvalue weighted by atomic mass is 16.2. The van der Waals surface area contributed by atoms with E-state index in [9.17, 15) is 9.59 Å². The molecule has 4 aromatic rings. The summed E-state index contributed by atoms with van der Waals surface area (Å²) in [7, 11) is 1.72. The second kappa shape index (κ2) is 10.3. The molecule has 34 heavy (non-hydrogen) atoms. The lowest BCUT2D eigenvalue weighted by molar-refractivity contribution is -0.134. The van der Waals surface area contributed by atoms with E-state index in [0.717, 1.165) is 16.6 Å². The number of amides is 2. The molecule has 0 aliphatic heterocycles. The summed E-state index contributed by atoms with van der Waals surface area (Å²) in [4.78, 5) is 38.7. The summed E-state index contributed by atoms with van der Waals surface area (Å²) >= 11 is 0. The summed E-state index contributed by atoms with van der Waals surface area (Å²) in [5.74, 6) is 0.463. The van der Waals surface area contributed by atoms with E-state index in [1.54, 1.807) is 36.3 Å². The van der Waals surface area contributed by atoms with Crippen LogP contribution >= 0.6 is 0 Å². The summed E-state index contributed by atoms with van der Waals surface area (Å²) in [6, 6.07) is 23.0. The van der Waals surface area contributed by atoms with Gasteiger partial charge in [0.25, 0.3) is 5.91 Å². The molecule has 0 fully saturated rings. The molecule has 0 radical (unpaired) electrons. The lowest BCUT2D eigenvalue weighted by atomic mass is 10.2. The molecule has 2 heterocycles. The fourth-order valence-electron chi connectivity index (χ4n) is 3.96. The second-order valence-corrected chi connectivity index (χ2v) is 8.58. The van der Waals surface area contributed by atoms with Crippen LogP contribution in [0.2, 0.25) is 0 Å². The molecular weight excluding hydrogens is 426 g/mol. The van der Waals surface area contributed by atoms with Crippen LogP contribution in [0.5, 0.6) is 0 Å². The van der Waals surface area contributed by atoms with Crippen molar-refractivity contribution in [3.63, 3.8) is 0 Å². The van der Waals surface area contributed by atoms with Crippen LogP contribution in [0.3, 0.4) is 0 Å². The highest BCUT2D eigenvalue weighted by molar-refractivity contribution is 5.92. The Morgan fingerprint density at radius 1 is 0.912 bits per heavy atom. The van der Waals surface area contributed by atoms with Gasteiger partial charge in [0.1, 0.15) is 18.1 Å². The smallest absolute Gasteiger partial charge is 0.272 e. The Hall–Kier alpha value is -4.00. The van der Waals surface area contributed by atoms with Crippen LogP contribution in [0.4, 0.5) is 0 Å². The molecule has 0 N–H and O–H groups in total. The number of hydrogen-bond donors (Lipinski definition) is 0. The number of pyridine rings is 1. The van der Waals surface area contributed by atoms with Gasteiger partial charge in [-0.3, -0.25) is 14.6 Å². The fourth-order valence-corrected chi connectivity index (χ4v) is 3.96. The van der Waals surface area contributed by atoms with Crippen molar-refractivity contribution >= 4 is 22.8 Å². The lowest BCUT2D eigenvalue weighted by Crippen LogP contribution is -2.39. The van der Waals surface area contributed by atoms with Gasteiger partial charge in [-0.05, 0) is 43.7 Å². The van der Waals surface area contributed by atoms with Gasteiger partial charge in [0.15, 0.2) is 0 Å². The standard InChI is InChI=1S/C27H29N5O2/c1-20(2)31(17-21-11-5-4-6-12-21)26(33)19-32-24-15-8-7-13-22(24)29-25(32)18-30(3)27(34)23-14-9-10-16-28-23/h4-16,20H,17-19H2,1-3H3. The minimum atomic E-state index is -0.196. The van der Waals surface area contributed by atoms with Gasteiger partial charge in [0.05, 0.1) is 17.6 Å². The van der Waals surface area contributed by atoms with Gasteiger partial charge in [0, 0.05) is 25.8 Å². The largest absolute Gasteiger partial charge is 0.334 e. The van der Waals surface area contributed by atoms with Crippen LogP contribution in [0.25, 0.3) is 11.0 Å². The van der Waals surface area contributed by atoms with Gasteiger partial charge in [-0.1, -0.05) is 48.5 Å². The zero-order valence-electron chi connectivity index (χ0n) is 19.8. The quantitative estimate of drug-likeness (QED) is 0.400. The maximum absolute atomic E-state index is 13.5. The third kappa shape index (κ3) is 5.14. The fraction of sp³-hybridized carbons (Fsp3) is 0.259. The van der Waals surface area contributed by atoms with Crippen molar-refractivity contribution in [3.8, 4) is 0 Å². The van der Waals surface area contributed by atoms with E-state index in [1.165, 1.54) is 0 Å². The SMILES string of the molecule is CC(C)N(Cc1ccccc1)C(=O)Cn1c(CN(C)C(=O)c2ccccn2)nc2ccccc21. The van der Waals surface area contributed by atoms with E-state index in [-0.39, 0.29) is 30.9 Å². The molecule has 4 rings (SSSR count). The zero-order valence-corrected chi connectivity index (χ0v) is 19.8. The first kappa shape index (κ1) is 23.2. The molecule has 2 aromatic heterocycles. The summed E-state index contributed by atoms with van der Waals surface area (Å²) < 4.78 is 1.92. The minimum Gasteiger partial charge on any atom is -0.334 e. The third-order valence-corrected chi connectivity index (χ3v) is 5.78. The summed E-state index contributed by atoms with van der Waals surface area (Å²) in [6.07, 6.45) is 1.60. The molecule has 0 aliphatic rings. The predicted octanol–water partition coefficient (Wildman–Crippen LogP) is 4.14. The zero-order chi connectivity index (χ0) is 24.1. The Morgan fingerprint density at radius 3 is 2.32 bits per heavy atom. The van der Waals surface area contributed by atoms with Crippen molar-refractivity contribution in [1.29, 1.82) is 0 Å². The number of fused-ring (bicyclic) bond motifs is 1. The number of benzene rings is 2. The first-order valence-electron chi connectivity index (χ1n) is 11.4. The average molecular weight is 456 g/mol. The van der Waals surface area contributed by atoms with E-state index in [4.69, 9.17) is 4.98 Å². The van der Waals surface area contributed by atoms with E-state index in [2.05, 4.69) is 4.98 Å². The number of rotatable bonds is 8. The van der Waals surface area contributed by atoms with Gasteiger partial charge in [-0.15, -0.1) is 0 Å². The van der Waals surface area contributed by atoms with Crippen LogP contribution in [-0.2, 0) is 24.4 Å². The highest BCUT2D eigenvalue weighted by Gasteiger charge is 2.22. The first-order valence-corrected chi connectivity index (χ1v) is 11.4. The van der Waals surface area contributed by atoms with Crippen LogP contribution in [-0.4, -0.2) is 49.2 Å². The monoisotopic (exact) mass is 455 g/mol. The molecular formula is C27H29N5O2. The van der Waals surface area contributed by atoms with Gasteiger partial charge in [0.2, 0.25) is 5.91 Å². The Kier molecular flexibility index (Phi) is 7.01. The third-order valence-electron chi connectivity index (χ3n) is 5.78. The molecule has 174 valence electrons. The highest BCUT2D eigenvalue weighted by Crippen LogP contribution is 2.19. The van der Waals surface area contributed by atoms with Gasteiger partial charge < -0.3 is 14.4 Å². The Balaban J connectivity index is 1.60. The molecule has 2 aromatic carbocycles. The van der Waals surface area contributed by atoms with E-state index in [1.807, 2.05) is 77.9 Å². The van der Waals surface area contributed by atoms with Crippen molar-refractivity contribution < 1.29 is 9.59 Å². The number of nitrogens with zero attached hydrogens (tertiary/aromatic N) is 5. The van der Waals surface area contributed by atoms with Crippen LogP contribution < -0.4 is 0 Å². The normalized spacial score (nSPS) is 11.1. The number of hydrogen-bond acceptors (Lipinski definition) is 4. The Bertz CT molecular complexity index is 1270. The van der Waals surface area contributed by atoms with Crippen LogP contribution in [0, 0.1) is 0 Å². The van der Waals surface area contributed by atoms with Crippen molar-refractivity contribution in [2.75, 3.05) is 7.05 Å². The van der Waals surface area contributed by atoms with E-state index in [0.29, 0.717) is 18.1 Å². The van der Waals surface area contributed by atoms with E-state index >= 15 is 0 Å². The van der Waals surface area contributed by atoms with Crippen molar-refractivity contribution in [1.82, 2.24) is 24.3 Å². The van der Waals surface area contributed by atoms with Crippen molar-refractivity contribution in [2.24, 2.45) is 0 Å². The summed E-state index contributed by atoms with van der Waals surface area (Å²) in [5.41, 5.74) is 3.12. The Morgan fingerprint density at radius 2 is 1.62 bits per heavy atom. The molecule has 0 saturated carbocycles. The Labute approximate surface area is 199 Å². The average Bonchev–Trinajstić information content (AvgIpc) is 3.19. The molecule has 0 spiro atoms. The molecule has 0 atom stereocenters. The molecule has 7 heteroatoms. The lowest BCUT2D eigenvalue weighted by Gasteiger charge is -2.28. The maximum Gasteiger partial charge on any atom is 0.272 e. The van der Waals surface area contributed by atoms with E-state index < -0.39 is 0 Å². The molecule has 0 saturated heterocycles. The van der Waals surface area contributed by atoms with Crippen LogP contribution in [0.1, 0.15) is 35.7 Å². The van der Waals surface area contributed by atoms with Crippen LogP contribution in [0.15, 0.2) is 79.0 Å². The molecule has 0 unspecified atom stereocenters. The summed E-state index contributed by atoms with van der Waals surface area (Å²) in [5, 5.41) is 0. The number of carbonyl (C=O) groups excluding carboxylic acids is 2. The number of aromatic nitrogens is 3.